The van der Waals surface area contributed by atoms with Gasteiger partial charge in [0.05, 0.1) is 18.0 Å². The number of aryl methyl sites for hydroxylation is 1. The third-order valence-electron chi connectivity index (χ3n) is 4.68. The summed E-state index contributed by atoms with van der Waals surface area (Å²) >= 11 is 1.11. The van der Waals surface area contributed by atoms with Crippen molar-refractivity contribution in [3.8, 4) is 0 Å². The molecule has 1 amide bonds. The van der Waals surface area contributed by atoms with E-state index in [9.17, 15) is 13.2 Å². The van der Waals surface area contributed by atoms with Crippen LogP contribution in [0.25, 0.3) is 0 Å². The second-order valence-electron chi connectivity index (χ2n) is 7.09. The summed E-state index contributed by atoms with van der Waals surface area (Å²) in [6.07, 6.45) is 0. The Balaban J connectivity index is 1.58. The van der Waals surface area contributed by atoms with Gasteiger partial charge in [0.15, 0.2) is 5.17 Å². The van der Waals surface area contributed by atoms with Crippen LogP contribution in [0.4, 0.5) is 11.4 Å². The van der Waals surface area contributed by atoms with Crippen LogP contribution in [0.2, 0.25) is 0 Å². The molecule has 4 rings (SSSR count). The van der Waals surface area contributed by atoms with E-state index >= 15 is 0 Å². The monoisotopic (exact) mass is 451 g/mol. The number of nitrogens with one attached hydrogen (secondary N) is 1. The Morgan fingerprint density at radius 2 is 1.74 bits per heavy atom. The lowest BCUT2D eigenvalue weighted by molar-refractivity contribution is -0.113. The molecule has 31 heavy (non-hydrogen) atoms. The average molecular weight is 452 g/mol. The zero-order valence-electron chi connectivity index (χ0n) is 16.9. The first-order valence-corrected chi connectivity index (χ1v) is 12.1. The molecule has 0 spiro atoms. The van der Waals surface area contributed by atoms with Crippen molar-refractivity contribution >= 4 is 44.2 Å². The van der Waals surface area contributed by atoms with Crippen LogP contribution >= 0.6 is 11.8 Å². The Bertz CT molecular complexity index is 1240. The van der Waals surface area contributed by atoms with Crippen LogP contribution in [0, 0.1) is 6.92 Å². The lowest BCUT2D eigenvalue weighted by Crippen LogP contribution is -2.34. The van der Waals surface area contributed by atoms with Gasteiger partial charge in [0.2, 0.25) is 5.91 Å². The van der Waals surface area contributed by atoms with Gasteiger partial charge in [-0.3, -0.25) is 4.79 Å². The van der Waals surface area contributed by atoms with E-state index in [-0.39, 0.29) is 21.7 Å². The Hall–Kier alpha value is -3.10. The molecule has 0 unspecified atom stereocenters. The molecule has 158 valence electrons. The topological polar surface area (TPSA) is 78.8 Å². The molecular formula is C23H21N3O3S2. The number of amidine groups is 1. The molecule has 0 saturated heterocycles. The second kappa shape index (κ2) is 8.95. The molecule has 0 atom stereocenters. The van der Waals surface area contributed by atoms with Crippen LogP contribution < -0.4 is 10.2 Å². The molecule has 1 heterocycles. The summed E-state index contributed by atoms with van der Waals surface area (Å²) in [7, 11) is -3.84. The minimum Gasteiger partial charge on any atom is -0.325 e. The van der Waals surface area contributed by atoms with E-state index < -0.39 is 10.0 Å². The number of hydrogen-bond acceptors (Lipinski definition) is 5. The summed E-state index contributed by atoms with van der Waals surface area (Å²) < 4.78 is 29.5. The summed E-state index contributed by atoms with van der Waals surface area (Å²) in [5.41, 5.74) is 3.31. The highest BCUT2D eigenvalue weighted by molar-refractivity contribution is 8.15. The van der Waals surface area contributed by atoms with Gasteiger partial charge in [0.25, 0.3) is 10.0 Å². The molecule has 3 aromatic rings. The normalized spacial score (nSPS) is 14.5. The van der Waals surface area contributed by atoms with Gasteiger partial charge >= 0.3 is 0 Å². The van der Waals surface area contributed by atoms with Gasteiger partial charge in [0, 0.05) is 5.69 Å². The molecule has 0 saturated carbocycles. The molecule has 0 aromatic heterocycles. The van der Waals surface area contributed by atoms with E-state index in [0.717, 1.165) is 22.9 Å². The fourth-order valence-electron chi connectivity index (χ4n) is 3.28. The van der Waals surface area contributed by atoms with E-state index in [2.05, 4.69) is 9.71 Å². The van der Waals surface area contributed by atoms with E-state index in [1.165, 1.54) is 0 Å². The third-order valence-corrected chi connectivity index (χ3v) is 7.09. The van der Waals surface area contributed by atoms with Crippen molar-refractivity contribution in [3.63, 3.8) is 0 Å². The van der Waals surface area contributed by atoms with Gasteiger partial charge in [-0.25, -0.2) is 0 Å². The predicted octanol–water partition coefficient (Wildman–Crippen LogP) is 4.43. The van der Waals surface area contributed by atoms with Crippen molar-refractivity contribution in [3.05, 3.63) is 90.0 Å². The lowest BCUT2D eigenvalue weighted by atomic mass is 10.2. The van der Waals surface area contributed by atoms with Crippen LogP contribution in [-0.4, -0.2) is 25.2 Å². The molecule has 0 radical (unpaired) electrons. The summed E-state index contributed by atoms with van der Waals surface area (Å²) in [5.74, 6) is -0.190. The summed E-state index contributed by atoms with van der Waals surface area (Å²) in [6.45, 7) is 2.39. The first-order valence-electron chi connectivity index (χ1n) is 9.67. The Labute approximate surface area is 186 Å². The first kappa shape index (κ1) is 21.1. The maximum Gasteiger partial charge on any atom is 0.286 e. The van der Waals surface area contributed by atoms with Crippen molar-refractivity contribution in [2.75, 3.05) is 16.0 Å². The summed E-state index contributed by atoms with van der Waals surface area (Å²) in [5, 5.41) is 3.12. The molecule has 1 aliphatic rings. The van der Waals surface area contributed by atoms with Crippen LogP contribution in [0.3, 0.4) is 0 Å². The molecule has 3 aromatic carbocycles. The number of fused-ring (bicyclic) bond motifs is 1. The highest BCUT2D eigenvalue weighted by Crippen LogP contribution is 2.35. The molecule has 1 N–H and O–H groups in total. The van der Waals surface area contributed by atoms with E-state index in [4.69, 9.17) is 0 Å². The molecule has 0 aliphatic carbocycles. The first-order chi connectivity index (χ1) is 14.9. The van der Waals surface area contributed by atoms with Crippen LogP contribution in [0.5, 0.6) is 0 Å². The van der Waals surface area contributed by atoms with E-state index in [0.29, 0.717) is 17.9 Å². The summed E-state index contributed by atoms with van der Waals surface area (Å²) in [4.78, 5) is 14.5. The molecule has 0 fully saturated rings. The average Bonchev–Trinajstić information content (AvgIpc) is 2.75. The highest BCUT2D eigenvalue weighted by Gasteiger charge is 2.31. The molecular weight excluding hydrogens is 430 g/mol. The van der Waals surface area contributed by atoms with Gasteiger partial charge in [-0.2, -0.15) is 8.42 Å². The zero-order valence-corrected chi connectivity index (χ0v) is 18.5. The Morgan fingerprint density at radius 1 is 1.00 bits per heavy atom. The highest BCUT2D eigenvalue weighted by atomic mass is 32.2. The number of amides is 1. The lowest BCUT2D eigenvalue weighted by Gasteiger charge is -2.30. The molecule has 6 nitrogen and oxygen atoms in total. The molecule has 8 heteroatoms. The number of hydrogen-bond donors (Lipinski definition) is 1. The largest absolute Gasteiger partial charge is 0.325 e. The fraction of sp³-hybridized carbons (Fsp3) is 0.130. The van der Waals surface area contributed by atoms with E-state index in [1.54, 1.807) is 24.3 Å². The maximum atomic E-state index is 12.7. The maximum absolute atomic E-state index is 12.7. The quantitative estimate of drug-likeness (QED) is 0.621. The number of anilines is 2. The van der Waals surface area contributed by atoms with Crippen LogP contribution in [0.15, 0.2) is 88.2 Å². The van der Waals surface area contributed by atoms with Gasteiger partial charge in [-0.05, 0) is 42.3 Å². The Kier molecular flexibility index (Phi) is 6.11. The minimum absolute atomic E-state index is 0.0375. The second-order valence-corrected chi connectivity index (χ2v) is 9.61. The summed E-state index contributed by atoms with van der Waals surface area (Å²) in [6, 6.07) is 24.0. The number of carbonyl (C=O) groups excluding carboxylic acids is 1. The third kappa shape index (κ3) is 4.98. The smallest absolute Gasteiger partial charge is 0.286 e. The number of para-hydroxylation sites is 1. The number of thioether (sulfide) groups is 1. The van der Waals surface area contributed by atoms with E-state index in [1.807, 2.05) is 66.4 Å². The molecule has 1 aliphatic heterocycles. The Morgan fingerprint density at radius 3 is 2.52 bits per heavy atom. The van der Waals surface area contributed by atoms with Crippen molar-refractivity contribution in [2.24, 2.45) is 4.40 Å². The van der Waals surface area contributed by atoms with Gasteiger partial charge in [0.1, 0.15) is 4.90 Å². The number of rotatable bonds is 5. The fourth-order valence-corrected chi connectivity index (χ4v) is 5.53. The van der Waals surface area contributed by atoms with Crippen LogP contribution in [-0.2, 0) is 21.4 Å². The van der Waals surface area contributed by atoms with Crippen molar-refractivity contribution in [1.29, 1.82) is 0 Å². The number of nitrogens with zero attached hydrogens (tertiary/aromatic N) is 2. The van der Waals surface area contributed by atoms with Gasteiger partial charge in [-0.15, -0.1) is 4.40 Å². The SMILES string of the molecule is Cc1cccc(NC(=O)CSC2=NS(=O)(=O)c3ccccc3N2Cc2ccccc2)c1. The number of carbonyl (C=O) groups is 1. The standard InChI is InChI=1S/C23H21N3O3S2/c1-17-8-7-11-19(14-17)24-22(27)16-30-23-25-31(28,29)21-13-6-5-12-20(21)26(23)15-18-9-3-2-4-10-18/h2-14H,15-16H2,1H3,(H,24,27). The van der Waals surface area contributed by atoms with Crippen molar-refractivity contribution in [1.82, 2.24) is 0 Å². The zero-order chi connectivity index (χ0) is 21.8. The number of benzene rings is 3. The number of sulfonamides is 1. The van der Waals surface area contributed by atoms with Gasteiger partial charge in [-0.1, -0.05) is 66.4 Å². The molecule has 0 bridgehead atoms. The predicted molar refractivity (Wildman–Crippen MR) is 126 cm³/mol. The van der Waals surface area contributed by atoms with Crippen LogP contribution in [0.1, 0.15) is 11.1 Å². The van der Waals surface area contributed by atoms with Crippen molar-refractivity contribution in [2.45, 2.75) is 18.4 Å². The van der Waals surface area contributed by atoms with Gasteiger partial charge < -0.3 is 10.2 Å². The minimum atomic E-state index is -3.84. The van der Waals surface area contributed by atoms with Crippen molar-refractivity contribution < 1.29 is 13.2 Å².